The molecule has 1 fully saturated rings. The summed E-state index contributed by atoms with van der Waals surface area (Å²) in [5, 5.41) is 8.99. The van der Waals surface area contributed by atoms with Crippen LogP contribution in [-0.4, -0.2) is 10.8 Å². The highest BCUT2D eigenvalue weighted by atomic mass is 16.1. The third kappa shape index (κ3) is 1.11. The molecule has 0 atom stereocenters. The van der Waals surface area contributed by atoms with Crippen molar-refractivity contribution in [2.75, 3.05) is 0 Å². The number of nitriles is 1. The van der Waals surface area contributed by atoms with E-state index in [2.05, 4.69) is 11.1 Å². The highest BCUT2D eigenvalue weighted by Crippen LogP contribution is 2.40. The molecule has 13 heavy (non-hydrogen) atoms. The molecule has 0 bridgehead atoms. The standard InChI is InChI=1S/C10H8N2O/c11-7-10(5-9(13)6-10)8-1-3-12-4-2-8/h1-4H,5-6H2. The lowest BCUT2D eigenvalue weighted by Crippen LogP contribution is -2.40. The lowest BCUT2D eigenvalue weighted by Gasteiger charge is -2.33. The quantitative estimate of drug-likeness (QED) is 0.639. The van der Waals surface area contributed by atoms with Crippen LogP contribution in [0.5, 0.6) is 0 Å². The van der Waals surface area contributed by atoms with Crippen molar-refractivity contribution in [3.63, 3.8) is 0 Å². The lowest BCUT2D eigenvalue weighted by molar-refractivity contribution is -0.126. The minimum Gasteiger partial charge on any atom is -0.300 e. The van der Waals surface area contributed by atoms with Crippen LogP contribution in [0.1, 0.15) is 18.4 Å². The Balaban J connectivity index is 2.36. The van der Waals surface area contributed by atoms with Gasteiger partial charge in [0, 0.05) is 25.2 Å². The number of hydrogen-bond acceptors (Lipinski definition) is 3. The third-order valence-electron chi connectivity index (χ3n) is 2.44. The van der Waals surface area contributed by atoms with Gasteiger partial charge in [-0.25, -0.2) is 0 Å². The van der Waals surface area contributed by atoms with E-state index < -0.39 is 5.41 Å². The summed E-state index contributed by atoms with van der Waals surface area (Å²) in [5.74, 6) is 0.165. The molecule has 0 aromatic carbocycles. The zero-order valence-electron chi connectivity index (χ0n) is 7.03. The first-order chi connectivity index (χ1) is 6.27. The van der Waals surface area contributed by atoms with E-state index in [9.17, 15) is 4.79 Å². The minimum atomic E-state index is -0.556. The van der Waals surface area contributed by atoms with Crippen LogP contribution < -0.4 is 0 Å². The molecule has 1 aromatic rings. The Morgan fingerprint density at radius 3 is 2.46 bits per heavy atom. The second-order valence-corrected chi connectivity index (χ2v) is 3.32. The molecule has 1 aliphatic rings. The molecule has 0 aliphatic heterocycles. The van der Waals surface area contributed by atoms with Crippen LogP contribution >= 0.6 is 0 Å². The van der Waals surface area contributed by atoms with Gasteiger partial charge in [0.2, 0.25) is 0 Å². The predicted molar refractivity (Wildman–Crippen MR) is 45.8 cm³/mol. The first kappa shape index (κ1) is 7.93. The average molecular weight is 172 g/mol. The van der Waals surface area contributed by atoms with Gasteiger partial charge in [0.25, 0.3) is 0 Å². The molecule has 2 rings (SSSR count). The number of hydrogen-bond donors (Lipinski definition) is 0. The summed E-state index contributed by atoms with van der Waals surface area (Å²) in [6.07, 6.45) is 4.01. The van der Waals surface area contributed by atoms with Gasteiger partial charge in [-0.1, -0.05) is 0 Å². The van der Waals surface area contributed by atoms with E-state index in [1.807, 2.05) is 0 Å². The molecule has 0 amide bonds. The zero-order chi connectivity index (χ0) is 9.31. The number of pyridine rings is 1. The topological polar surface area (TPSA) is 53.8 Å². The number of nitrogens with zero attached hydrogens (tertiary/aromatic N) is 2. The molecular weight excluding hydrogens is 164 g/mol. The summed E-state index contributed by atoms with van der Waals surface area (Å²) in [6.45, 7) is 0. The fraction of sp³-hybridized carbons (Fsp3) is 0.300. The van der Waals surface area contributed by atoms with Gasteiger partial charge in [-0.15, -0.1) is 0 Å². The van der Waals surface area contributed by atoms with Crippen molar-refractivity contribution in [2.24, 2.45) is 0 Å². The Morgan fingerprint density at radius 2 is 2.00 bits per heavy atom. The summed E-state index contributed by atoms with van der Waals surface area (Å²) in [6, 6.07) is 5.82. The number of carbonyl (C=O) groups is 1. The Morgan fingerprint density at radius 1 is 1.38 bits per heavy atom. The molecule has 3 nitrogen and oxygen atoms in total. The van der Waals surface area contributed by atoms with Crippen molar-refractivity contribution >= 4 is 5.78 Å². The van der Waals surface area contributed by atoms with Crippen LogP contribution in [0.15, 0.2) is 24.5 Å². The third-order valence-corrected chi connectivity index (χ3v) is 2.44. The van der Waals surface area contributed by atoms with Gasteiger partial charge >= 0.3 is 0 Å². The highest BCUT2D eigenvalue weighted by Gasteiger charge is 2.45. The van der Waals surface area contributed by atoms with Crippen LogP contribution in [0.4, 0.5) is 0 Å². The monoisotopic (exact) mass is 172 g/mol. The van der Waals surface area contributed by atoms with Crippen LogP contribution in [0.3, 0.4) is 0 Å². The van der Waals surface area contributed by atoms with Crippen LogP contribution in [-0.2, 0) is 10.2 Å². The summed E-state index contributed by atoms with van der Waals surface area (Å²) in [5.41, 5.74) is 0.352. The minimum absolute atomic E-state index is 0.165. The first-order valence-corrected chi connectivity index (χ1v) is 4.10. The van der Waals surface area contributed by atoms with Crippen LogP contribution in [0.2, 0.25) is 0 Å². The fourth-order valence-electron chi connectivity index (χ4n) is 1.64. The molecule has 0 unspecified atom stereocenters. The fourth-order valence-corrected chi connectivity index (χ4v) is 1.64. The van der Waals surface area contributed by atoms with E-state index in [0.29, 0.717) is 12.8 Å². The molecule has 0 N–H and O–H groups in total. The number of rotatable bonds is 1. The Kier molecular flexibility index (Phi) is 1.63. The molecule has 1 aliphatic carbocycles. The first-order valence-electron chi connectivity index (χ1n) is 4.10. The van der Waals surface area contributed by atoms with Crippen molar-refractivity contribution in [1.29, 1.82) is 5.26 Å². The molecule has 64 valence electrons. The van der Waals surface area contributed by atoms with E-state index in [-0.39, 0.29) is 5.78 Å². The predicted octanol–water partition coefficient (Wildman–Crippen LogP) is 1.21. The molecule has 1 heterocycles. The molecule has 1 saturated carbocycles. The van der Waals surface area contributed by atoms with E-state index in [4.69, 9.17) is 5.26 Å². The van der Waals surface area contributed by atoms with Gasteiger partial charge in [-0.2, -0.15) is 5.26 Å². The van der Waals surface area contributed by atoms with E-state index >= 15 is 0 Å². The lowest BCUT2D eigenvalue weighted by atomic mass is 9.65. The maximum Gasteiger partial charge on any atom is 0.136 e. The maximum absolute atomic E-state index is 10.9. The highest BCUT2D eigenvalue weighted by molar-refractivity contribution is 5.90. The molecule has 1 aromatic heterocycles. The van der Waals surface area contributed by atoms with E-state index in [1.54, 1.807) is 24.5 Å². The van der Waals surface area contributed by atoms with Gasteiger partial charge in [0.1, 0.15) is 5.78 Å². The summed E-state index contributed by atoms with van der Waals surface area (Å²) >= 11 is 0. The zero-order valence-corrected chi connectivity index (χ0v) is 7.03. The number of carbonyl (C=O) groups excluding carboxylic acids is 1. The molecule has 3 heteroatoms. The Bertz CT molecular complexity index is 370. The number of Topliss-reactive ketones (excluding diaryl/α,β-unsaturated/α-hetero) is 1. The van der Waals surface area contributed by atoms with Gasteiger partial charge < -0.3 is 0 Å². The maximum atomic E-state index is 10.9. The number of ketones is 1. The van der Waals surface area contributed by atoms with Crippen molar-refractivity contribution in [2.45, 2.75) is 18.3 Å². The number of aromatic nitrogens is 1. The van der Waals surface area contributed by atoms with Gasteiger partial charge in [-0.05, 0) is 17.7 Å². The molecule has 0 saturated heterocycles. The van der Waals surface area contributed by atoms with Gasteiger partial charge in [0.15, 0.2) is 0 Å². The molecule has 0 radical (unpaired) electrons. The summed E-state index contributed by atoms with van der Waals surface area (Å²) in [7, 11) is 0. The van der Waals surface area contributed by atoms with Crippen LogP contribution in [0, 0.1) is 11.3 Å². The SMILES string of the molecule is N#CC1(c2ccncc2)CC(=O)C1. The van der Waals surface area contributed by atoms with E-state index in [1.165, 1.54) is 0 Å². The van der Waals surface area contributed by atoms with Gasteiger partial charge in [-0.3, -0.25) is 9.78 Å². The average Bonchev–Trinajstić information content (AvgIpc) is 2.14. The van der Waals surface area contributed by atoms with Crippen molar-refractivity contribution in [1.82, 2.24) is 4.98 Å². The summed E-state index contributed by atoms with van der Waals surface area (Å²) < 4.78 is 0. The van der Waals surface area contributed by atoms with Crippen molar-refractivity contribution < 1.29 is 4.79 Å². The van der Waals surface area contributed by atoms with Gasteiger partial charge in [0.05, 0.1) is 11.5 Å². The second kappa shape index (κ2) is 2.67. The van der Waals surface area contributed by atoms with E-state index in [0.717, 1.165) is 5.56 Å². The normalized spacial score (nSPS) is 18.8. The molecular formula is C10H8N2O. The Hall–Kier alpha value is -1.69. The second-order valence-electron chi connectivity index (χ2n) is 3.32. The van der Waals surface area contributed by atoms with Crippen LogP contribution in [0.25, 0.3) is 0 Å². The Labute approximate surface area is 76.0 Å². The summed E-state index contributed by atoms with van der Waals surface area (Å²) in [4.78, 5) is 14.8. The molecule has 0 spiro atoms. The smallest absolute Gasteiger partial charge is 0.136 e. The largest absolute Gasteiger partial charge is 0.300 e. The van der Waals surface area contributed by atoms with Crippen molar-refractivity contribution in [3.05, 3.63) is 30.1 Å². The van der Waals surface area contributed by atoms with Crippen molar-refractivity contribution in [3.8, 4) is 6.07 Å².